The fourth-order valence-corrected chi connectivity index (χ4v) is 2.19. The molecule has 2 aromatic rings. The van der Waals surface area contributed by atoms with Crippen LogP contribution in [0.1, 0.15) is 22.8 Å². The molecular weight excluding hydrogens is 248 g/mol. The Hall–Kier alpha value is -2.14. The number of thiophene rings is 1. The molecule has 0 aliphatic carbocycles. The fraction of sp³-hybridized carbons (Fsp3) is 0.0769. The van der Waals surface area contributed by atoms with Crippen LogP contribution in [0.3, 0.4) is 0 Å². The average molecular weight is 260 g/mol. The van der Waals surface area contributed by atoms with Crippen LogP contribution in [0.4, 0.5) is 5.69 Å². The van der Waals surface area contributed by atoms with Gasteiger partial charge in [0.1, 0.15) is 0 Å². The largest absolute Gasteiger partial charge is 0.411 e. The first kappa shape index (κ1) is 12.3. The van der Waals surface area contributed by atoms with E-state index in [1.54, 1.807) is 30.5 Å². The van der Waals surface area contributed by atoms with Gasteiger partial charge in [0.25, 0.3) is 5.91 Å². The van der Waals surface area contributed by atoms with Crippen LogP contribution in [0, 0.1) is 0 Å². The minimum Gasteiger partial charge on any atom is -0.411 e. The van der Waals surface area contributed by atoms with E-state index in [9.17, 15) is 4.79 Å². The molecule has 0 aliphatic rings. The van der Waals surface area contributed by atoms with E-state index in [1.165, 1.54) is 11.3 Å². The second-order valence-corrected chi connectivity index (χ2v) is 4.48. The van der Waals surface area contributed by atoms with Crippen LogP contribution in [0.5, 0.6) is 0 Å². The van der Waals surface area contributed by atoms with Gasteiger partial charge in [-0.15, -0.1) is 0 Å². The Morgan fingerprint density at radius 1 is 1.33 bits per heavy atom. The highest BCUT2D eigenvalue weighted by Gasteiger charge is 2.10. The summed E-state index contributed by atoms with van der Waals surface area (Å²) in [7, 11) is 0. The first-order chi connectivity index (χ1) is 8.72. The van der Waals surface area contributed by atoms with E-state index < -0.39 is 0 Å². The molecule has 0 fully saturated rings. The molecule has 0 bridgehead atoms. The molecule has 0 saturated heterocycles. The van der Waals surface area contributed by atoms with Gasteiger partial charge in [0.05, 0.1) is 17.0 Å². The molecular formula is C13H12N2O2S. The van der Waals surface area contributed by atoms with Crippen LogP contribution >= 0.6 is 11.3 Å². The first-order valence-electron chi connectivity index (χ1n) is 5.34. The average Bonchev–Trinajstić information content (AvgIpc) is 2.92. The second kappa shape index (κ2) is 5.46. The number of rotatable bonds is 3. The van der Waals surface area contributed by atoms with Crippen LogP contribution in [-0.4, -0.2) is 16.8 Å². The minimum absolute atomic E-state index is 0.172. The third-order valence-electron chi connectivity index (χ3n) is 2.50. The van der Waals surface area contributed by atoms with Crippen molar-refractivity contribution >= 4 is 28.6 Å². The Labute approximate surface area is 109 Å². The molecule has 0 spiro atoms. The smallest absolute Gasteiger partial charge is 0.256 e. The lowest BCUT2D eigenvalue weighted by Crippen LogP contribution is -2.13. The van der Waals surface area contributed by atoms with Crippen molar-refractivity contribution in [2.75, 3.05) is 5.32 Å². The maximum absolute atomic E-state index is 11.9. The van der Waals surface area contributed by atoms with Crippen LogP contribution < -0.4 is 5.32 Å². The number of carbonyl (C=O) groups is 1. The summed E-state index contributed by atoms with van der Waals surface area (Å²) in [5, 5.41) is 18.4. The van der Waals surface area contributed by atoms with Gasteiger partial charge in [-0.25, -0.2) is 0 Å². The van der Waals surface area contributed by atoms with E-state index in [0.717, 1.165) is 0 Å². The van der Waals surface area contributed by atoms with Crippen molar-refractivity contribution in [1.29, 1.82) is 0 Å². The number of nitrogens with zero attached hydrogens (tertiary/aromatic N) is 1. The second-order valence-electron chi connectivity index (χ2n) is 3.70. The number of hydrogen-bond donors (Lipinski definition) is 2. The van der Waals surface area contributed by atoms with E-state index in [2.05, 4.69) is 10.5 Å². The van der Waals surface area contributed by atoms with Crippen molar-refractivity contribution in [3.05, 3.63) is 52.2 Å². The van der Waals surface area contributed by atoms with Crippen molar-refractivity contribution in [3.63, 3.8) is 0 Å². The highest BCUT2D eigenvalue weighted by atomic mass is 32.1. The molecule has 0 radical (unpaired) electrons. The molecule has 92 valence electrons. The van der Waals surface area contributed by atoms with Crippen LogP contribution in [0.15, 0.2) is 46.2 Å². The Morgan fingerprint density at radius 3 is 2.78 bits per heavy atom. The molecule has 1 heterocycles. The number of nitrogens with one attached hydrogen (secondary N) is 1. The summed E-state index contributed by atoms with van der Waals surface area (Å²) >= 11 is 1.47. The quantitative estimate of drug-likeness (QED) is 0.505. The van der Waals surface area contributed by atoms with Crippen LogP contribution in [0.25, 0.3) is 0 Å². The van der Waals surface area contributed by atoms with E-state index in [0.29, 0.717) is 22.5 Å². The number of para-hydroxylation sites is 1. The zero-order valence-corrected chi connectivity index (χ0v) is 10.6. The molecule has 0 saturated carbocycles. The van der Waals surface area contributed by atoms with E-state index in [1.807, 2.05) is 17.5 Å². The van der Waals surface area contributed by atoms with Crippen LogP contribution in [-0.2, 0) is 0 Å². The van der Waals surface area contributed by atoms with Crippen molar-refractivity contribution in [3.8, 4) is 0 Å². The van der Waals surface area contributed by atoms with Crippen molar-refractivity contribution < 1.29 is 10.0 Å². The molecule has 0 aliphatic heterocycles. The molecule has 1 amide bonds. The van der Waals surface area contributed by atoms with Gasteiger partial charge in [0.2, 0.25) is 0 Å². The van der Waals surface area contributed by atoms with Gasteiger partial charge >= 0.3 is 0 Å². The summed E-state index contributed by atoms with van der Waals surface area (Å²) < 4.78 is 0. The predicted molar refractivity (Wildman–Crippen MR) is 72.7 cm³/mol. The highest BCUT2D eigenvalue weighted by molar-refractivity contribution is 7.08. The third kappa shape index (κ3) is 2.57. The lowest BCUT2D eigenvalue weighted by atomic mass is 10.1. The molecule has 2 N–H and O–H groups in total. The topological polar surface area (TPSA) is 61.7 Å². The summed E-state index contributed by atoms with van der Waals surface area (Å²) in [6.07, 6.45) is 0. The Bertz CT molecular complexity index is 576. The molecule has 5 heteroatoms. The summed E-state index contributed by atoms with van der Waals surface area (Å²) in [5.74, 6) is -0.172. The summed E-state index contributed by atoms with van der Waals surface area (Å²) in [4.78, 5) is 11.9. The third-order valence-corrected chi connectivity index (χ3v) is 3.18. The summed E-state index contributed by atoms with van der Waals surface area (Å²) in [6.45, 7) is 1.68. The van der Waals surface area contributed by atoms with Crippen molar-refractivity contribution in [2.45, 2.75) is 6.92 Å². The van der Waals surface area contributed by atoms with E-state index in [-0.39, 0.29) is 5.91 Å². The molecule has 0 atom stereocenters. The molecule has 2 rings (SSSR count). The molecule has 4 nitrogen and oxygen atoms in total. The molecule has 1 aromatic carbocycles. The monoisotopic (exact) mass is 260 g/mol. The Balaban J connectivity index is 2.27. The number of anilines is 1. The maximum atomic E-state index is 11.9. The molecule has 18 heavy (non-hydrogen) atoms. The Kier molecular flexibility index (Phi) is 3.74. The zero-order chi connectivity index (χ0) is 13.0. The number of benzene rings is 1. The molecule has 1 aromatic heterocycles. The van der Waals surface area contributed by atoms with Gasteiger partial charge in [0, 0.05) is 10.9 Å². The first-order valence-corrected chi connectivity index (χ1v) is 6.28. The number of oxime groups is 1. The Morgan fingerprint density at radius 2 is 2.11 bits per heavy atom. The summed E-state index contributed by atoms with van der Waals surface area (Å²) in [5.41, 5.74) is 2.40. The van der Waals surface area contributed by atoms with Gasteiger partial charge in [-0.1, -0.05) is 23.4 Å². The number of carbonyl (C=O) groups excluding carboxylic acids is 1. The SMILES string of the molecule is C/C(=N\O)c1ccccc1NC(=O)c1ccsc1. The van der Waals surface area contributed by atoms with E-state index >= 15 is 0 Å². The zero-order valence-electron chi connectivity index (χ0n) is 9.75. The predicted octanol–water partition coefficient (Wildman–Crippen LogP) is 3.20. The number of amides is 1. The van der Waals surface area contributed by atoms with Gasteiger partial charge < -0.3 is 10.5 Å². The van der Waals surface area contributed by atoms with Crippen molar-refractivity contribution in [2.24, 2.45) is 5.16 Å². The van der Waals surface area contributed by atoms with Gasteiger partial charge in [-0.3, -0.25) is 4.79 Å². The lowest BCUT2D eigenvalue weighted by molar-refractivity contribution is 0.102. The highest BCUT2D eigenvalue weighted by Crippen LogP contribution is 2.17. The number of hydrogen-bond acceptors (Lipinski definition) is 4. The van der Waals surface area contributed by atoms with Crippen LogP contribution in [0.2, 0.25) is 0 Å². The maximum Gasteiger partial charge on any atom is 0.256 e. The van der Waals surface area contributed by atoms with Gasteiger partial charge in [-0.2, -0.15) is 11.3 Å². The summed E-state index contributed by atoms with van der Waals surface area (Å²) in [6, 6.07) is 8.96. The lowest BCUT2D eigenvalue weighted by Gasteiger charge is -2.09. The van der Waals surface area contributed by atoms with Gasteiger partial charge in [-0.05, 0) is 24.4 Å². The van der Waals surface area contributed by atoms with Crippen molar-refractivity contribution in [1.82, 2.24) is 0 Å². The van der Waals surface area contributed by atoms with Gasteiger partial charge in [0.15, 0.2) is 0 Å². The minimum atomic E-state index is -0.172. The molecule has 0 unspecified atom stereocenters. The fourth-order valence-electron chi connectivity index (χ4n) is 1.55. The standard InChI is InChI=1S/C13H12N2O2S/c1-9(15-17)11-4-2-3-5-12(11)14-13(16)10-6-7-18-8-10/h2-8,17H,1H3,(H,14,16)/b15-9+. The van der Waals surface area contributed by atoms with E-state index in [4.69, 9.17) is 5.21 Å². The normalized spacial score (nSPS) is 11.3.